The van der Waals surface area contributed by atoms with Crippen LogP contribution in [0.2, 0.25) is 0 Å². The van der Waals surface area contributed by atoms with Crippen molar-refractivity contribution < 1.29 is 17.6 Å². The number of anilines is 1. The van der Waals surface area contributed by atoms with Gasteiger partial charge in [0.2, 0.25) is 5.91 Å². The molecule has 1 aromatic rings. The highest BCUT2D eigenvalue weighted by Crippen LogP contribution is 2.31. The number of amides is 1. The summed E-state index contributed by atoms with van der Waals surface area (Å²) in [6, 6.07) is 4.53. The number of benzene rings is 1. The Morgan fingerprint density at radius 2 is 1.96 bits per heavy atom. The summed E-state index contributed by atoms with van der Waals surface area (Å²) < 4.78 is 37.3. The molecule has 5 nitrogen and oxygen atoms in total. The van der Waals surface area contributed by atoms with Crippen molar-refractivity contribution in [3.63, 3.8) is 0 Å². The lowest BCUT2D eigenvalue weighted by atomic mass is 9.91. The number of rotatable bonds is 3. The van der Waals surface area contributed by atoms with Gasteiger partial charge in [-0.1, -0.05) is 20.3 Å². The summed E-state index contributed by atoms with van der Waals surface area (Å²) in [6.07, 6.45) is 0.810. The first-order valence-corrected chi connectivity index (χ1v) is 9.69. The predicted octanol–water partition coefficient (Wildman–Crippen LogP) is 1.34. The smallest absolute Gasteiger partial charge is 0.244 e. The van der Waals surface area contributed by atoms with Gasteiger partial charge in [0.1, 0.15) is 5.82 Å². The van der Waals surface area contributed by atoms with Crippen LogP contribution in [-0.2, 0) is 14.6 Å². The lowest BCUT2D eigenvalue weighted by molar-refractivity contribution is -0.124. The largest absolute Gasteiger partial charge is 0.305 e. The number of carbonyl (C=O) groups excluding carboxylic acids is 1. The van der Waals surface area contributed by atoms with Gasteiger partial charge in [-0.15, -0.1) is 0 Å². The molecule has 7 heteroatoms. The van der Waals surface area contributed by atoms with E-state index in [9.17, 15) is 17.6 Å². The Bertz CT molecular complexity index is 705. The zero-order valence-electron chi connectivity index (χ0n) is 13.2. The van der Waals surface area contributed by atoms with Crippen LogP contribution in [0.5, 0.6) is 0 Å². The molecular formula is C16H21FN2O3S. The van der Waals surface area contributed by atoms with Crippen LogP contribution in [0.4, 0.5) is 10.1 Å². The van der Waals surface area contributed by atoms with Gasteiger partial charge in [-0.25, -0.2) is 12.8 Å². The summed E-state index contributed by atoms with van der Waals surface area (Å²) in [5, 5.41) is 3.24. The molecule has 1 N–H and O–H groups in total. The van der Waals surface area contributed by atoms with Crippen LogP contribution >= 0.6 is 0 Å². The SMILES string of the molecule is CCC(C)[C@@H]1N[C@@H]2CS(=O)(=O)C[C@@H]2N(c2ccc(F)cc2)C1=O. The zero-order valence-corrected chi connectivity index (χ0v) is 14.0. The normalized spacial score (nSPS) is 31.0. The molecule has 1 aromatic carbocycles. The molecule has 0 spiro atoms. The molecular weight excluding hydrogens is 319 g/mol. The summed E-state index contributed by atoms with van der Waals surface area (Å²) >= 11 is 0. The molecule has 2 heterocycles. The fraction of sp³-hybridized carbons (Fsp3) is 0.562. The number of fused-ring (bicyclic) bond motifs is 1. The van der Waals surface area contributed by atoms with E-state index in [4.69, 9.17) is 0 Å². The number of nitrogens with zero attached hydrogens (tertiary/aromatic N) is 1. The number of nitrogens with one attached hydrogen (secondary N) is 1. The van der Waals surface area contributed by atoms with Crippen molar-refractivity contribution >= 4 is 21.4 Å². The van der Waals surface area contributed by atoms with Crippen molar-refractivity contribution in [3.05, 3.63) is 30.1 Å². The van der Waals surface area contributed by atoms with Gasteiger partial charge in [0, 0.05) is 11.7 Å². The lowest BCUT2D eigenvalue weighted by Gasteiger charge is -2.43. The monoisotopic (exact) mass is 340 g/mol. The number of piperazine rings is 1. The number of carbonyl (C=O) groups is 1. The van der Waals surface area contributed by atoms with Crippen LogP contribution in [0.3, 0.4) is 0 Å². The molecule has 2 aliphatic rings. The molecule has 23 heavy (non-hydrogen) atoms. The number of halogens is 1. The highest BCUT2D eigenvalue weighted by molar-refractivity contribution is 7.91. The van der Waals surface area contributed by atoms with Crippen LogP contribution in [0.25, 0.3) is 0 Å². The van der Waals surface area contributed by atoms with Crippen molar-refractivity contribution in [3.8, 4) is 0 Å². The Morgan fingerprint density at radius 3 is 2.57 bits per heavy atom. The quantitative estimate of drug-likeness (QED) is 0.902. The van der Waals surface area contributed by atoms with E-state index in [0.717, 1.165) is 6.42 Å². The second-order valence-corrected chi connectivity index (χ2v) is 8.62. The number of hydrogen-bond acceptors (Lipinski definition) is 4. The van der Waals surface area contributed by atoms with E-state index < -0.39 is 21.9 Å². The van der Waals surface area contributed by atoms with Gasteiger partial charge in [0.15, 0.2) is 9.84 Å². The fourth-order valence-corrected chi connectivity index (χ4v) is 5.32. The molecule has 2 fully saturated rings. The molecule has 1 unspecified atom stereocenters. The summed E-state index contributed by atoms with van der Waals surface area (Å²) in [7, 11) is -3.19. The van der Waals surface area contributed by atoms with Crippen molar-refractivity contribution in [2.45, 2.75) is 38.4 Å². The first kappa shape index (κ1) is 16.4. The van der Waals surface area contributed by atoms with E-state index in [-0.39, 0.29) is 35.2 Å². The zero-order chi connectivity index (χ0) is 16.8. The minimum atomic E-state index is -3.19. The number of hydrogen-bond donors (Lipinski definition) is 1. The Hall–Kier alpha value is -1.47. The van der Waals surface area contributed by atoms with Gasteiger partial charge in [-0.2, -0.15) is 0 Å². The van der Waals surface area contributed by atoms with Gasteiger partial charge in [-0.3, -0.25) is 10.1 Å². The van der Waals surface area contributed by atoms with E-state index in [1.54, 1.807) is 4.90 Å². The lowest BCUT2D eigenvalue weighted by Crippen LogP contribution is -2.66. The molecule has 0 aliphatic carbocycles. The maximum atomic E-state index is 13.2. The molecule has 1 amide bonds. The summed E-state index contributed by atoms with van der Waals surface area (Å²) in [6.45, 7) is 3.97. The maximum Gasteiger partial charge on any atom is 0.244 e. The second-order valence-electron chi connectivity index (χ2n) is 6.47. The highest BCUT2D eigenvalue weighted by Gasteiger charge is 2.50. The third kappa shape index (κ3) is 2.99. The minimum Gasteiger partial charge on any atom is -0.305 e. The molecule has 2 saturated heterocycles. The Balaban J connectivity index is 2.01. The van der Waals surface area contributed by atoms with E-state index in [1.807, 2.05) is 13.8 Å². The predicted molar refractivity (Wildman–Crippen MR) is 86.5 cm³/mol. The number of sulfone groups is 1. The topological polar surface area (TPSA) is 66.5 Å². The Morgan fingerprint density at radius 1 is 1.30 bits per heavy atom. The maximum absolute atomic E-state index is 13.2. The molecule has 3 rings (SSSR count). The molecule has 0 aromatic heterocycles. The van der Waals surface area contributed by atoms with Crippen LogP contribution < -0.4 is 10.2 Å². The van der Waals surface area contributed by atoms with Crippen LogP contribution in [0, 0.1) is 11.7 Å². The van der Waals surface area contributed by atoms with Crippen molar-refractivity contribution in [2.24, 2.45) is 5.92 Å². The fourth-order valence-electron chi connectivity index (χ4n) is 3.42. The molecule has 0 saturated carbocycles. The standard InChI is InChI=1S/C16H21FN2O3S/c1-3-10(2)15-16(20)19(12-6-4-11(17)5-7-12)14-9-23(21,22)8-13(14)18-15/h4-7,10,13-15,18H,3,8-9H2,1-2H3/t10?,13-,14+,15+/m1/s1. The summed E-state index contributed by atoms with van der Waals surface area (Å²) in [5.41, 5.74) is 0.554. The average molecular weight is 340 g/mol. The van der Waals surface area contributed by atoms with E-state index in [2.05, 4.69) is 5.32 Å². The van der Waals surface area contributed by atoms with Crippen molar-refractivity contribution in [1.82, 2.24) is 5.32 Å². The Labute approximate surface area is 135 Å². The molecule has 126 valence electrons. The third-order valence-corrected chi connectivity index (χ3v) is 6.59. The molecule has 0 radical (unpaired) electrons. The minimum absolute atomic E-state index is 0.0373. The second kappa shape index (κ2) is 5.87. The highest BCUT2D eigenvalue weighted by atomic mass is 32.2. The van der Waals surface area contributed by atoms with Gasteiger partial charge in [0.05, 0.1) is 23.6 Å². The molecule has 0 bridgehead atoms. The third-order valence-electron chi connectivity index (χ3n) is 4.87. The van der Waals surface area contributed by atoms with Gasteiger partial charge >= 0.3 is 0 Å². The van der Waals surface area contributed by atoms with Crippen molar-refractivity contribution in [2.75, 3.05) is 16.4 Å². The average Bonchev–Trinajstić information content (AvgIpc) is 2.81. The summed E-state index contributed by atoms with van der Waals surface area (Å²) in [5.74, 6) is -0.444. The van der Waals surface area contributed by atoms with Crippen molar-refractivity contribution in [1.29, 1.82) is 0 Å². The van der Waals surface area contributed by atoms with E-state index in [1.165, 1.54) is 24.3 Å². The van der Waals surface area contributed by atoms with E-state index in [0.29, 0.717) is 5.69 Å². The first-order chi connectivity index (χ1) is 10.8. The molecule has 2 aliphatic heterocycles. The Kier molecular flexibility index (Phi) is 4.18. The van der Waals surface area contributed by atoms with Crippen LogP contribution in [0.15, 0.2) is 24.3 Å². The van der Waals surface area contributed by atoms with Crippen LogP contribution in [0.1, 0.15) is 20.3 Å². The summed E-state index contributed by atoms with van der Waals surface area (Å²) in [4.78, 5) is 14.5. The van der Waals surface area contributed by atoms with Gasteiger partial charge in [0.25, 0.3) is 0 Å². The molecule has 4 atom stereocenters. The van der Waals surface area contributed by atoms with E-state index >= 15 is 0 Å². The van der Waals surface area contributed by atoms with Gasteiger partial charge in [-0.05, 0) is 30.2 Å². The van der Waals surface area contributed by atoms with Crippen LogP contribution in [-0.4, -0.2) is 44.0 Å². The first-order valence-electron chi connectivity index (χ1n) is 7.87. The van der Waals surface area contributed by atoms with Gasteiger partial charge < -0.3 is 4.90 Å².